The summed E-state index contributed by atoms with van der Waals surface area (Å²) in [7, 11) is 0. The molecular formula is C15H11ClF3N5O2. The Hall–Kier alpha value is -2.88. The van der Waals surface area contributed by atoms with Gasteiger partial charge in [0, 0.05) is 0 Å². The first-order valence-electron chi connectivity index (χ1n) is 7.23. The van der Waals surface area contributed by atoms with Crippen LogP contribution in [0.2, 0.25) is 5.02 Å². The number of hydrogen-bond donors (Lipinski definition) is 2. The van der Waals surface area contributed by atoms with E-state index < -0.39 is 29.7 Å². The van der Waals surface area contributed by atoms with Gasteiger partial charge < -0.3 is 5.32 Å². The zero-order chi connectivity index (χ0) is 18.9. The minimum atomic E-state index is -5.14. The first kappa shape index (κ1) is 17.9. The molecule has 11 heteroatoms. The fourth-order valence-electron chi connectivity index (χ4n) is 2.38. The van der Waals surface area contributed by atoms with E-state index in [0.29, 0.717) is 10.5 Å². The molecule has 0 unspecified atom stereocenters. The van der Waals surface area contributed by atoms with Crippen molar-refractivity contribution in [1.29, 1.82) is 0 Å². The normalized spacial score (nSPS) is 20.2. The van der Waals surface area contributed by atoms with Crippen LogP contribution < -0.4 is 10.6 Å². The van der Waals surface area contributed by atoms with Gasteiger partial charge in [0.15, 0.2) is 0 Å². The molecule has 1 aromatic heterocycles. The van der Waals surface area contributed by atoms with Crippen molar-refractivity contribution in [3.63, 3.8) is 0 Å². The SMILES string of the molecule is O=C1N[C@](Nc2ncc(Cl)cn2)(C(F)(F)F)C(=O)N1Cc1ccccc1. The Morgan fingerprint density at radius 3 is 2.35 bits per heavy atom. The van der Waals surface area contributed by atoms with Gasteiger partial charge in [-0.25, -0.2) is 14.8 Å². The van der Waals surface area contributed by atoms with Crippen LogP contribution in [0.25, 0.3) is 0 Å². The lowest BCUT2D eigenvalue weighted by Gasteiger charge is -2.29. The highest BCUT2D eigenvalue weighted by Crippen LogP contribution is 2.36. The molecule has 1 saturated heterocycles. The second kappa shape index (κ2) is 6.45. The number of benzene rings is 1. The standard InChI is InChI=1S/C15H11ClF3N5O2/c16-10-6-20-12(21-7-10)22-14(15(17,18)19)11(25)24(13(26)23-14)8-9-4-2-1-3-5-9/h1-7H,8H2,(H,23,26)(H,20,21,22)/t14-/m0/s1. The van der Waals surface area contributed by atoms with Crippen molar-refractivity contribution >= 4 is 29.5 Å². The number of alkyl halides is 3. The average Bonchev–Trinajstić information content (AvgIpc) is 2.83. The number of carbonyl (C=O) groups is 2. The molecular weight excluding hydrogens is 375 g/mol. The summed E-state index contributed by atoms with van der Waals surface area (Å²) in [5.41, 5.74) is -2.87. The van der Waals surface area contributed by atoms with Crippen LogP contribution in [-0.4, -0.2) is 38.6 Å². The van der Waals surface area contributed by atoms with E-state index in [1.165, 1.54) is 0 Å². The first-order chi connectivity index (χ1) is 12.2. The molecule has 1 aromatic carbocycles. The lowest BCUT2D eigenvalue weighted by Crippen LogP contribution is -2.64. The third-order valence-electron chi connectivity index (χ3n) is 3.63. The van der Waals surface area contributed by atoms with Gasteiger partial charge in [0.2, 0.25) is 5.95 Å². The van der Waals surface area contributed by atoms with Gasteiger partial charge in [-0.05, 0) is 5.56 Å². The molecule has 0 radical (unpaired) electrons. The molecule has 0 spiro atoms. The fourth-order valence-corrected chi connectivity index (χ4v) is 2.48. The summed E-state index contributed by atoms with van der Waals surface area (Å²) in [6.07, 6.45) is -3.03. The number of aromatic nitrogens is 2. The molecule has 3 amide bonds. The van der Waals surface area contributed by atoms with Crippen LogP contribution in [-0.2, 0) is 11.3 Å². The van der Waals surface area contributed by atoms with Crippen molar-refractivity contribution in [2.24, 2.45) is 0 Å². The quantitative estimate of drug-likeness (QED) is 0.790. The van der Waals surface area contributed by atoms with Crippen LogP contribution in [0.3, 0.4) is 0 Å². The molecule has 2 heterocycles. The largest absolute Gasteiger partial charge is 0.440 e. The topological polar surface area (TPSA) is 87.2 Å². The summed E-state index contributed by atoms with van der Waals surface area (Å²) in [4.78, 5) is 32.3. The van der Waals surface area contributed by atoms with Crippen LogP contribution >= 0.6 is 11.6 Å². The van der Waals surface area contributed by atoms with Gasteiger partial charge in [-0.1, -0.05) is 41.9 Å². The highest BCUT2D eigenvalue weighted by Gasteiger charge is 2.68. The Morgan fingerprint density at radius 2 is 1.77 bits per heavy atom. The van der Waals surface area contributed by atoms with Gasteiger partial charge in [0.25, 0.3) is 11.6 Å². The third kappa shape index (κ3) is 3.15. The summed E-state index contributed by atoms with van der Waals surface area (Å²) in [5, 5.41) is 3.67. The number of carbonyl (C=O) groups excluding carboxylic acids is 2. The minimum absolute atomic E-state index is 0.101. The van der Waals surface area contributed by atoms with Crippen molar-refractivity contribution in [1.82, 2.24) is 20.2 Å². The van der Waals surface area contributed by atoms with Crippen LogP contribution in [0.5, 0.6) is 0 Å². The van der Waals surface area contributed by atoms with Gasteiger partial charge >= 0.3 is 12.2 Å². The number of nitrogens with zero attached hydrogens (tertiary/aromatic N) is 3. The molecule has 1 aliphatic rings. The second-order valence-corrected chi connectivity index (χ2v) is 5.84. The number of anilines is 1. The molecule has 136 valence electrons. The highest BCUT2D eigenvalue weighted by atomic mass is 35.5. The minimum Gasteiger partial charge on any atom is -0.316 e. The number of amides is 3. The molecule has 1 atom stereocenters. The van der Waals surface area contributed by atoms with Gasteiger partial charge in [-0.2, -0.15) is 13.2 Å². The van der Waals surface area contributed by atoms with E-state index in [9.17, 15) is 22.8 Å². The lowest BCUT2D eigenvalue weighted by molar-refractivity contribution is -0.188. The zero-order valence-corrected chi connectivity index (χ0v) is 13.7. The Balaban J connectivity index is 1.94. The summed E-state index contributed by atoms with van der Waals surface area (Å²) in [6, 6.07) is 6.98. The number of hydrogen-bond acceptors (Lipinski definition) is 5. The molecule has 7 nitrogen and oxygen atoms in total. The van der Waals surface area contributed by atoms with Crippen LogP contribution in [0.15, 0.2) is 42.7 Å². The number of rotatable bonds is 4. The van der Waals surface area contributed by atoms with E-state index in [1.54, 1.807) is 35.6 Å². The number of urea groups is 1. The predicted molar refractivity (Wildman–Crippen MR) is 85.0 cm³/mol. The van der Waals surface area contributed by atoms with Crippen molar-refractivity contribution in [3.8, 4) is 0 Å². The molecule has 0 saturated carbocycles. The molecule has 2 aromatic rings. The van der Waals surface area contributed by atoms with E-state index in [4.69, 9.17) is 11.6 Å². The Labute approximate surface area is 150 Å². The number of halogens is 4. The van der Waals surface area contributed by atoms with Crippen LogP contribution in [0, 0.1) is 0 Å². The Morgan fingerprint density at radius 1 is 1.15 bits per heavy atom. The predicted octanol–water partition coefficient (Wildman–Crippen LogP) is 2.55. The lowest BCUT2D eigenvalue weighted by atomic mass is 10.1. The van der Waals surface area contributed by atoms with E-state index in [1.807, 2.05) is 5.32 Å². The maximum Gasteiger partial charge on any atom is 0.440 e. The number of nitrogens with one attached hydrogen (secondary N) is 2. The van der Waals surface area contributed by atoms with Crippen molar-refractivity contribution in [2.75, 3.05) is 5.32 Å². The van der Waals surface area contributed by atoms with Crippen molar-refractivity contribution < 1.29 is 22.8 Å². The molecule has 26 heavy (non-hydrogen) atoms. The van der Waals surface area contributed by atoms with Crippen molar-refractivity contribution in [3.05, 3.63) is 53.3 Å². The fraction of sp³-hybridized carbons (Fsp3) is 0.200. The summed E-state index contributed by atoms with van der Waals surface area (Å²) < 4.78 is 41.1. The molecule has 1 fully saturated rings. The van der Waals surface area contributed by atoms with Gasteiger partial charge in [-0.3, -0.25) is 15.0 Å². The van der Waals surface area contributed by atoms with Gasteiger partial charge in [0.1, 0.15) is 0 Å². The maximum absolute atomic E-state index is 13.7. The third-order valence-corrected chi connectivity index (χ3v) is 3.83. The van der Waals surface area contributed by atoms with Gasteiger partial charge in [-0.15, -0.1) is 0 Å². The molecule has 0 bridgehead atoms. The molecule has 0 aliphatic carbocycles. The summed E-state index contributed by atoms with van der Waals surface area (Å²) >= 11 is 5.60. The van der Waals surface area contributed by atoms with E-state index in [2.05, 4.69) is 9.97 Å². The van der Waals surface area contributed by atoms with E-state index in [-0.39, 0.29) is 11.6 Å². The second-order valence-electron chi connectivity index (χ2n) is 5.40. The molecule has 2 N–H and O–H groups in total. The zero-order valence-electron chi connectivity index (χ0n) is 12.9. The summed E-state index contributed by atoms with van der Waals surface area (Å²) in [5.74, 6) is -2.01. The average molecular weight is 386 g/mol. The Bertz CT molecular complexity index is 831. The van der Waals surface area contributed by atoms with Crippen molar-refractivity contribution in [2.45, 2.75) is 18.4 Å². The Kier molecular flexibility index (Phi) is 4.45. The highest BCUT2D eigenvalue weighted by molar-refractivity contribution is 6.30. The molecule has 1 aliphatic heterocycles. The number of imide groups is 1. The van der Waals surface area contributed by atoms with Crippen LogP contribution in [0.1, 0.15) is 5.56 Å². The first-order valence-corrected chi connectivity index (χ1v) is 7.61. The van der Waals surface area contributed by atoms with Crippen LogP contribution in [0.4, 0.5) is 23.9 Å². The summed E-state index contributed by atoms with van der Waals surface area (Å²) in [6.45, 7) is -0.313. The maximum atomic E-state index is 13.7. The molecule has 3 rings (SSSR count). The van der Waals surface area contributed by atoms with E-state index >= 15 is 0 Å². The monoisotopic (exact) mass is 385 g/mol. The van der Waals surface area contributed by atoms with E-state index in [0.717, 1.165) is 12.4 Å². The van der Waals surface area contributed by atoms with Gasteiger partial charge in [0.05, 0.1) is 24.0 Å². The smallest absolute Gasteiger partial charge is 0.316 e.